The maximum absolute atomic E-state index is 5.69. The molecule has 2 rings (SSSR count). The average Bonchev–Trinajstić information content (AvgIpc) is 2.48. The topological polar surface area (TPSA) is 50.9 Å². The molecule has 0 radical (unpaired) electrons. The molecule has 1 aromatic heterocycles. The number of benzene rings is 1. The summed E-state index contributed by atoms with van der Waals surface area (Å²) in [6, 6.07) is 14.2. The van der Waals surface area contributed by atoms with Crippen molar-refractivity contribution in [1.29, 1.82) is 0 Å². The molecule has 2 aromatic rings. The number of thiocarbonyl (C=S) groups is 1. The molecule has 0 aliphatic rings. The summed E-state index contributed by atoms with van der Waals surface area (Å²) < 4.78 is 0. The number of hydrogen-bond acceptors (Lipinski definition) is 3. The third kappa shape index (κ3) is 3.78. The Hall–Kier alpha value is -1.94. The third-order valence-electron chi connectivity index (χ3n) is 3.31. The average molecular weight is 285 g/mol. The van der Waals surface area contributed by atoms with Crippen molar-refractivity contribution >= 4 is 23.0 Å². The van der Waals surface area contributed by atoms with Gasteiger partial charge in [-0.15, -0.1) is 0 Å². The first-order valence-corrected chi connectivity index (χ1v) is 7.13. The Kier molecular flexibility index (Phi) is 5.07. The summed E-state index contributed by atoms with van der Waals surface area (Å²) in [7, 11) is 0. The summed E-state index contributed by atoms with van der Waals surface area (Å²) in [6.07, 6.45) is 2.77. The molecule has 1 aromatic carbocycles. The Labute approximate surface area is 125 Å². The zero-order valence-corrected chi connectivity index (χ0v) is 12.4. The van der Waals surface area contributed by atoms with E-state index in [1.807, 2.05) is 18.2 Å². The van der Waals surface area contributed by atoms with E-state index >= 15 is 0 Å². The first-order valence-electron chi connectivity index (χ1n) is 6.72. The predicted molar refractivity (Wildman–Crippen MR) is 88.1 cm³/mol. The Morgan fingerprint density at radius 1 is 1.25 bits per heavy atom. The molecule has 0 aliphatic heterocycles. The van der Waals surface area contributed by atoms with Gasteiger partial charge >= 0.3 is 0 Å². The van der Waals surface area contributed by atoms with E-state index in [0.29, 0.717) is 10.9 Å². The molecule has 0 aliphatic carbocycles. The molecular weight excluding hydrogens is 266 g/mol. The second kappa shape index (κ2) is 7.01. The summed E-state index contributed by atoms with van der Waals surface area (Å²) in [5.74, 6) is 1.26. The van der Waals surface area contributed by atoms with E-state index in [9.17, 15) is 0 Å². The van der Waals surface area contributed by atoms with E-state index in [2.05, 4.69) is 41.5 Å². The Balaban J connectivity index is 1.92. The zero-order valence-electron chi connectivity index (χ0n) is 11.5. The molecule has 3 N–H and O–H groups in total. The van der Waals surface area contributed by atoms with E-state index in [1.54, 1.807) is 6.20 Å². The van der Waals surface area contributed by atoms with Gasteiger partial charge in [-0.05, 0) is 30.0 Å². The lowest BCUT2D eigenvalue weighted by molar-refractivity contribution is 0.705. The fourth-order valence-corrected chi connectivity index (χ4v) is 2.27. The standard InChI is InChI=1S/C16H19N3S/c1-12(13-6-3-2-4-7-13)9-11-19-16-14(15(17)20)8-5-10-18-16/h2-8,10,12H,9,11H2,1H3,(H2,17,20)(H,18,19). The van der Waals surface area contributed by atoms with E-state index < -0.39 is 0 Å². The van der Waals surface area contributed by atoms with E-state index in [1.165, 1.54) is 5.56 Å². The minimum atomic E-state index is 0.372. The molecule has 4 heteroatoms. The molecule has 3 nitrogen and oxygen atoms in total. The minimum Gasteiger partial charge on any atom is -0.389 e. The molecule has 1 unspecified atom stereocenters. The van der Waals surface area contributed by atoms with Gasteiger partial charge in [0.25, 0.3) is 0 Å². The number of anilines is 1. The predicted octanol–water partition coefficient (Wildman–Crippen LogP) is 3.32. The van der Waals surface area contributed by atoms with Crippen molar-refractivity contribution in [2.75, 3.05) is 11.9 Å². The third-order valence-corrected chi connectivity index (χ3v) is 3.53. The van der Waals surface area contributed by atoms with Gasteiger partial charge in [-0.25, -0.2) is 4.98 Å². The second-order valence-electron chi connectivity index (χ2n) is 4.79. The highest BCUT2D eigenvalue weighted by molar-refractivity contribution is 7.80. The first-order chi connectivity index (χ1) is 9.68. The van der Waals surface area contributed by atoms with Crippen molar-refractivity contribution in [3.05, 3.63) is 59.8 Å². The van der Waals surface area contributed by atoms with Crippen LogP contribution in [0, 0.1) is 0 Å². The summed E-state index contributed by atoms with van der Waals surface area (Å²) in [5, 5.41) is 3.32. The first kappa shape index (κ1) is 14.5. The molecular formula is C16H19N3S. The summed E-state index contributed by atoms with van der Waals surface area (Å²) in [4.78, 5) is 4.66. The monoisotopic (exact) mass is 285 g/mol. The molecule has 20 heavy (non-hydrogen) atoms. The molecule has 0 fully saturated rings. The van der Waals surface area contributed by atoms with E-state index in [-0.39, 0.29) is 0 Å². The quantitative estimate of drug-likeness (QED) is 0.799. The molecule has 0 spiro atoms. The summed E-state index contributed by atoms with van der Waals surface area (Å²) in [6.45, 7) is 3.06. The van der Waals surface area contributed by atoms with Gasteiger partial charge in [-0.2, -0.15) is 0 Å². The second-order valence-corrected chi connectivity index (χ2v) is 5.23. The Morgan fingerprint density at radius 3 is 2.70 bits per heavy atom. The maximum Gasteiger partial charge on any atom is 0.136 e. The SMILES string of the molecule is CC(CCNc1ncccc1C(N)=S)c1ccccc1. The van der Waals surface area contributed by atoms with Gasteiger partial charge in [0.1, 0.15) is 10.8 Å². The van der Waals surface area contributed by atoms with Crippen LogP contribution in [-0.4, -0.2) is 16.5 Å². The number of hydrogen-bond donors (Lipinski definition) is 2. The Morgan fingerprint density at radius 2 is 2.00 bits per heavy atom. The fourth-order valence-electron chi connectivity index (χ4n) is 2.10. The molecule has 0 saturated heterocycles. The maximum atomic E-state index is 5.69. The van der Waals surface area contributed by atoms with Gasteiger partial charge in [0, 0.05) is 12.7 Å². The number of nitrogens with zero attached hydrogens (tertiary/aromatic N) is 1. The van der Waals surface area contributed by atoms with Crippen molar-refractivity contribution in [2.24, 2.45) is 5.73 Å². The number of rotatable bonds is 6. The van der Waals surface area contributed by atoms with Crippen molar-refractivity contribution in [3.8, 4) is 0 Å². The zero-order chi connectivity index (χ0) is 14.4. The van der Waals surface area contributed by atoms with Crippen molar-refractivity contribution in [2.45, 2.75) is 19.3 Å². The van der Waals surface area contributed by atoms with Crippen molar-refractivity contribution in [1.82, 2.24) is 4.98 Å². The van der Waals surface area contributed by atoms with Gasteiger partial charge in [0.15, 0.2) is 0 Å². The van der Waals surface area contributed by atoms with Gasteiger partial charge in [-0.1, -0.05) is 49.5 Å². The number of nitrogens with two attached hydrogens (primary N) is 1. The smallest absolute Gasteiger partial charge is 0.136 e. The van der Waals surface area contributed by atoms with Crippen LogP contribution in [0.1, 0.15) is 30.4 Å². The Bertz CT molecular complexity index is 569. The highest BCUT2D eigenvalue weighted by Gasteiger charge is 2.07. The summed E-state index contributed by atoms with van der Waals surface area (Å²) in [5.41, 5.74) is 7.84. The number of nitrogens with one attached hydrogen (secondary N) is 1. The number of aromatic nitrogens is 1. The van der Waals surface area contributed by atoms with Crippen LogP contribution in [0.25, 0.3) is 0 Å². The molecule has 0 bridgehead atoms. The van der Waals surface area contributed by atoms with Crippen LogP contribution in [0.3, 0.4) is 0 Å². The highest BCUT2D eigenvalue weighted by atomic mass is 32.1. The lowest BCUT2D eigenvalue weighted by Gasteiger charge is -2.14. The van der Waals surface area contributed by atoms with Gasteiger partial charge < -0.3 is 11.1 Å². The van der Waals surface area contributed by atoms with Crippen LogP contribution >= 0.6 is 12.2 Å². The molecule has 1 heterocycles. The van der Waals surface area contributed by atoms with Crippen LogP contribution in [0.4, 0.5) is 5.82 Å². The fraction of sp³-hybridized carbons (Fsp3) is 0.250. The lowest BCUT2D eigenvalue weighted by Crippen LogP contribution is -2.15. The number of pyridine rings is 1. The lowest BCUT2D eigenvalue weighted by atomic mass is 9.98. The van der Waals surface area contributed by atoms with Crippen LogP contribution in [0.2, 0.25) is 0 Å². The van der Waals surface area contributed by atoms with Gasteiger partial charge in [-0.3, -0.25) is 0 Å². The van der Waals surface area contributed by atoms with Crippen LogP contribution < -0.4 is 11.1 Å². The van der Waals surface area contributed by atoms with Gasteiger partial charge in [0.2, 0.25) is 0 Å². The van der Waals surface area contributed by atoms with Crippen LogP contribution in [0.15, 0.2) is 48.7 Å². The minimum absolute atomic E-state index is 0.372. The van der Waals surface area contributed by atoms with E-state index in [4.69, 9.17) is 18.0 Å². The largest absolute Gasteiger partial charge is 0.389 e. The van der Waals surface area contributed by atoms with E-state index in [0.717, 1.165) is 24.3 Å². The van der Waals surface area contributed by atoms with Gasteiger partial charge in [0.05, 0.1) is 5.56 Å². The molecule has 1 atom stereocenters. The van der Waals surface area contributed by atoms with Crippen LogP contribution in [-0.2, 0) is 0 Å². The van der Waals surface area contributed by atoms with Crippen molar-refractivity contribution in [3.63, 3.8) is 0 Å². The summed E-state index contributed by atoms with van der Waals surface area (Å²) >= 11 is 5.03. The van der Waals surface area contributed by atoms with Crippen LogP contribution in [0.5, 0.6) is 0 Å². The van der Waals surface area contributed by atoms with Crippen molar-refractivity contribution < 1.29 is 0 Å². The normalized spacial score (nSPS) is 11.8. The molecule has 0 saturated carbocycles. The molecule has 0 amide bonds. The molecule has 104 valence electrons. The highest BCUT2D eigenvalue weighted by Crippen LogP contribution is 2.19.